The van der Waals surface area contributed by atoms with E-state index in [1.807, 2.05) is 0 Å². The van der Waals surface area contributed by atoms with E-state index in [0.717, 1.165) is 12.8 Å². The van der Waals surface area contributed by atoms with Gasteiger partial charge in [-0.2, -0.15) is 24.2 Å². The molecule has 3 saturated carbocycles. The van der Waals surface area contributed by atoms with Gasteiger partial charge in [0.05, 0.1) is 43.0 Å². The average Bonchev–Trinajstić information content (AvgIpc) is 3.44. The maximum Gasteiger partial charge on any atom is 0.327 e. The molecule has 9 rings (SSSR count). The van der Waals surface area contributed by atoms with Crippen LogP contribution in [-0.2, 0) is 53.9 Å². The van der Waals surface area contributed by atoms with Gasteiger partial charge in [-0.25, -0.2) is 40.2 Å². The summed E-state index contributed by atoms with van der Waals surface area (Å²) in [6, 6.07) is 12.8. The highest BCUT2D eigenvalue weighted by atomic mass is 35.5. The lowest BCUT2D eigenvalue weighted by Gasteiger charge is -2.39. The molecule has 0 unspecified atom stereocenters. The minimum absolute atomic E-state index is 0.0125. The first kappa shape index (κ1) is 60.4. The number of hydrogen-bond donors (Lipinski definition) is 8. The van der Waals surface area contributed by atoms with E-state index >= 15 is 0 Å². The Hall–Kier alpha value is -6.27. The number of carbonyl (C=O) groups excluding carboxylic acids is 2. The molecule has 31 heteroatoms. The molecule has 12 N–H and O–H groups in total. The zero-order valence-electron chi connectivity index (χ0n) is 41.9. The van der Waals surface area contributed by atoms with Crippen molar-refractivity contribution in [2.75, 3.05) is 13.2 Å². The number of hydrogen-bond acceptors (Lipinski definition) is 16. The fourth-order valence-corrected chi connectivity index (χ4v) is 13.7. The Morgan fingerprint density at radius 3 is 1.15 bits per heavy atom. The van der Waals surface area contributed by atoms with Gasteiger partial charge in [0.1, 0.15) is 21.8 Å². The number of carboxylic acid groups (broad SMARTS) is 1. The van der Waals surface area contributed by atoms with Crippen molar-refractivity contribution in [1.29, 1.82) is 0 Å². The highest BCUT2D eigenvalue weighted by molar-refractivity contribution is 7.90. The van der Waals surface area contributed by atoms with Gasteiger partial charge in [-0.05, 0) is 108 Å². The Bertz CT molecular complexity index is 3820. The quantitative estimate of drug-likeness (QED) is 0.0240. The second kappa shape index (κ2) is 23.8. The third-order valence-corrected chi connectivity index (χ3v) is 18.9. The fraction of sp³-hybridized carbons (Fsp3) is 0.333. The van der Waals surface area contributed by atoms with Crippen molar-refractivity contribution in [3.63, 3.8) is 0 Å². The predicted octanol–water partition coefficient (Wildman–Crippen LogP) is 5.94. The minimum atomic E-state index is -4.09. The van der Waals surface area contributed by atoms with E-state index in [9.17, 15) is 44.7 Å². The first-order chi connectivity index (χ1) is 37.1. The monoisotopic (exact) mass is 1220 g/mol. The van der Waals surface area contributed by atoms with Gasteiger partial charge in [0.15, 0.2) is 23.6 Å². The van der Waals surface area contributed by atoms with Crippen molar-refractivity contribution < 1.29 is 54.2 Å². The van der Waals surface area contributed by atoms with Gasteiger partial charge >= 0.3 is 17.9 Å². The third kappa shape index (κ3) is 13.0. The van der Waals surface area contributed by atoms with E-state index in [1.165, 1.54) is 67.1 Å². The molecule has 3 aliphatic carbocycles. The fourth-order valence-electron chi connectivity index (χ4n) is 8.56. The smallest absolute Gasteiger partial charge is 0.327 e. The van der Waals surface area contributed by atoms with Gasteiger partial charge in [-0.3, -0.25) is 14.4 Å². The summed E-state index contributed by atoms with van der Waals surface area (Å²) in [6.45, 7) is 3.72. The minimum Gasteiger partial charge on any atom is -0.480 e. The second-order valence-electron chi connectivity index (χ2n) is 18.3. The molecule has 0 bridgehead atoms. The largest absolute Gasteiger partial charge is 0.480 e. The number of aliphatic carboxylic acids is 1. The normalized spacial score (nSPS) is 16.0. The summed E-state index contributed by atoms with van der Waals surface area (Å²) >= 11 is 24.4. The first-order valence-corrected chi connectivity index (χ1v) is 29.9. The zero-order valence-corrected chi connectivity index (χ0v) is 47.4. The van der Waals surface area contributed by atoms with Crippen LogP contribution in [0.4, 0.5) is 11.6 Å². The summed E-state index contributed by atoms with van der Waals surface area (Å²) in [6.07, 6.45) is 8.31. The van der Waals surface area contributed by atoms with Crippen LogP contribution in [0, 0.1) is 0 Å². The van der Waals surface area contributed by atoms with Crippen LogP contribution in [0.5, 0.6) is 0 Å². The van der Waals surface area contributed by atoms with E-state index < -0.39 is 64.6 Å². The van der Waals surface area contributed by atoms with Crippen LogP contribution in [0.1, 0.15) is 71.6 Å². The lowest BCUT2D eigenvalue weighted by molar-refractivity contribution is -0.154. The zero-order chi connectivity index (χ0) is 57.9. The lowest BCUT2D eigenvalue weighted by Crippen LogP contribution is -2.59. The summed E-state index contributed by atoms with van der Waals surface area (Å²) < 4.78 is 94.2. The molecule has 422 valence electrons. The van der Waals surface area contributed by atoms with E-state index in [0.29, 0.717) is 79.5 Å². The predicted molar refractivity (Wildman–Crippen MR) is 298 cm³/mol. The molecule has 0 aliphatic heterocycles. The lowest BCUT2D eigenvalue weighted by atomic mass is 9.78. The molecule has 0 atom stereocenters. The molecule has 0 spiro atoms. The number of sulfonamides is 3. The van der Waals surface area contributed by atoms with E-state index in [1.54, 1.807) is 19.9 Å². The summed E-state index contributed by atoms with van der Waals surface area (Å²) in [5.41, 5.74) is 17.7. The van der Waals surface area contributed by atoms with Crippen molar-refractivity contribution in [3.8, 4) is 0 Å². The number of benzene rings is 3. The summed E-state index contributed by atoms with van der Waals surface area (Å²) in [5.74, 6) is -2.54. The van der Waals surface area contributed by atoms with Gasteiger partial charge in [0.2, 0.25) is 30.1 Å². The van der Waals surface area contributed by atoms with Crippen molar-refractivity contribution in [2.24, 2.45) is 32.9 Å². The van der Waals surface area contributed by atoms with Gasteiger partial charge in [0.25, 0.3) is 0 Å². The maximum absolute atomic E-state index is 13.0. The molecular formula is C48H52Cl4N12O12S3. The number of fused-ring (bicyclic) bond motifs is 3. The Kier molecular flexibility index (Phi) is 18.2. The SMILES string of the molecule is CCOC(=O)C1(NS(=O)(=O)c2ccc3c(Cl)cnc(Cl)c3c2)CCC1.CCOC(=O)C1(NS(=O)(=O)c2ccc3c(Cl)cnc(N=C(N)N)c3c2)CCC1.NC(N)=Nc1ncc(Cl)c2ccc(S(=O)(=O)NC3(C(=O)O)CCC3)cc12. The van der Waals surface area contributed by atoms with Crippen LogP contribution in [-0.4, -0.2) is 105 Å². The van der Waals surface area contributed by atoms with E-state index in [2.05, 4.69) is 39.1 Å². The number of nitrogens with zero attached hydrogens (tertiary/aromatic N) is 5. The standard InChI is InChI=1S/C17H20ClN5O4S.C16H16Cl2N2O4S.C15H16ClN5O4S/c1-2-27-15(24)17(6-3-7-17)23-28(25,26)10-4-5-11-12(8-10)14(22-16(19)20)21-9-13(11)18;1-2-24-15(21)16(6-3-7-16)20-25(22,23)10-4-5-11-12(8-10)14(18)19-9-13(11)17;16-11-7-19-12(20-14(17)18)10-6-8(2-3-9(10)11)26(24,25)21-15(13(22)23)4-1-5-15/h4-5,8-9,23H,2-3,6-7H2,1H3,(H4,19,20,21,22);4-5,8-9,20H,2-3,6-7H2,1H3;2-3,6-7,21H,1,4-5H2,(H,22,23)(H4,17,18,19,20). The number of ether oxygens (including phenoxy) is 2. The Morgan fingerprint density at radius 2 is 0.848 bits per heavy atom. The number of carboxylic acids is 1. The molecule has 3 aromatic heterocycles. The molecule has 79 heavy (non-hydrogen) atoms. The molecule has 0 saturated heterocycles. The van der Waals surface area contributed by atoms with Gasteiger partial charge in [-0.1, -0.05) is 64.6 Å². The van der Waals surface area contributed by atoms with Gasteiger partial charge < -0.3 is 37.5 Å². The molecule has 0 amide bonds. The number of nitrogens with two attached hydrogens (primary N) is 4. The van der Waals surface area contributed by atoms with Crippen LogP contribution < -0.4 is 37.1 Å². The van der Waals surface area contributed by atoms with Crippen LogP contribution in [0.3, 0.4) is 0 Å². The number of aliphatic imine (C=N–C) groups is 2. The van der Waals surface area contributed by atoms with E-state index in [-0.39, 0.29) is 69.4 Å². The third-order valence-electron chi connectivity index (χ3n) is 13.1. The number of esters is 2. The van der Waals surface area contributed by atoms with Crippen LogP contribution in [0.2, 0.25) is 20.2 Å². The Labute approximate surface area is 473 Å². The molecule has 3 fully saturated rings. The average molecular weight is 1230 g/mol. The molecule has 3 aromatic carbocycles. The number of nitrogens with one attached hydrogen (secondary N) is 3. The number of guanidine groups is 2. The Balaban J connectivity index is 0.000000172. The number of carbonyl (C=O) groups is 3. The maximum atomic E-state index is 13.0. The van der Waals surface area contributed by atoms with Crippen LogP contribution >= 0.6 is 46.4 Å². The van der Waals surface area contributed by atoms with Gasteiger partial charge in [0, 0.05) is 50.9 Å². The molecule has 6 aromatic rings. The molecule has 3 aliphatic rings. The van der Waals surface area contributed by atoms with Crippen LogP contribution in [0.25, 0.3) is 32.3 Å². The molecular weight excluding hydrogens is 1170 g/mol. The van der Waals surface area contributed by atoms with Crippen molar-refractivity contribution in [1.82, 2.24) is 29.1 Å². The van der Waals surface area contributed by atoms with Crippen molar-refractivity contribution in [3.05, 3.63) is 93.4 Å². The summed E-state index contributed by atoms with van der Waals surface area (Å²) in [7, 11) is -12.1. The Morgan fingerprint density at radius 1 is 0.532 bits per heavy atom. The molecule has 3 heterocycles. The second-order valence-corrected chi connectivity index (χ2v) is 24.9. The number of pyridine rings is 3. The molecule has 24 nitrogen and oxygen atoms in total. The number of halogens is 4. The van der Waals surface area contributed by atoms with E-state index in [4.69, 9.17) is 78.8 Å². The summed E-state index contributed by atoms with van der Waals surface area (Å²) in [4.78, 5) is 55.5. The highest BCUT2D eigenvalue weighted by Gasteiger charge is 2.50. The first-order valence-electron chi connectivity index (χ1n) is 23.9. The summed E-state index contributed by atoms with van der Waals surface area (Å²) in [5, 5.41) is 13.3. The van der Waals surface area contributed by atoms with Crippen molar-refractivity contribution in [2.45, 2.75) is 103 Å². The molecule has 0 radical (unpaired) electrons. The topological polar surface area (TPSA) is 396 Å². The number of aromatic nitrogens is 3. The number of rotatable bonds is 16. The van der Waals surface area contributed by atoms with Crippen LogP contribution in [0.15, 0.2) is 97.9 Å². The van der Waals surface area contributed by atoms with Crippen molar-refractivity contribution >= 4 is 150 Å². The van der Waals surface area contributed by atoms with Gasteiger partial charge in [-0.15, -0.1) is 0 Å². The highest BCUT2D eigenvalue weighted by Crippen LogP contribution is 2.39.